The van der Waals surface area contributed by atoms with Crippen LogP contribution in [0.3, 0.4) is 0 Å². The number of methoxy groups -OCH3 is 1. The Labute approximate surface area is 158 Å². The van der Waals surface area contributed by atoms with Crippen molar-refractivity contribution in [3.05, 3.63) is 65.6 Å². The van der Waals surface area contributed by atoms with Gasteiger partial charge in [-0.05, 0) is 48.9 Å². The molecule has 2 aromatic carbocycles. The molecular formula is C21H25FN2OS. The van der Waals surface area contributed by atoms with E-state index in [1.807, 2.05) is 12.1 Å². The van der Waals surface area contributed by atoms with Crippen molar-refractivity contribution in [2.75, 3.05) is 33.9 Å². The maximum absolute atomic E-state index is 13.1. The normalized spacial score (nSPS) is 11.5. The molecule has 1 heterocycles. The number of nitrogens with one attached hydrogen (secondary N) is 1. The number of halogens is 1. The summed E-state index contributed by atoms with van der Waals surface area (Å²) in [6.07, 6.45) is 3.12. The van der Waals surface area contributed by atoms with Gasteiger partial charge in [0.25, 0.3) is 0 Å². The summed E-state index contributed by atoms with van der Waals surface area (Å²) in [5, 5.41) is 1.31. The van der Waals surface area contributed by atoms with Crippen LogP contribution in [0.1, 0.15) is 11.1 Å². The SMILES string of the molecule is COCCN(C)CCc1c[nH]c2cccc(SCc3ccc(F)cc3)c12. The van der Waals surface area contributed by atoms with Crippen molar-refractivity contribution < 1.29 is 9.13 Å². The van der Waals surface area contributed by atoms with Crippen molar-refractivity contribution in [1.82, 2.24) is 9.88 Å². The second-order valence-electron chi connectivity index (χ2n) is 6.45. The molecule has 0 bridgehead atoms. The second kappa shape index (κ2) is 9.21. The van der Waals surface area contributed by atoms with E-state index in [-0.39, 0.29) is 5.82 Å². The Hall–Kier alpha value is -1.82. The van der Waals surface area contributed by atoms with Crippen molar-refractivity contribution in [1.29, 1.82) is 0 Å². The van der Waals surface area contributed by atoms with Crippen molar-refractivity contribution in [2.24, 2.45) is 0 Å². The molecule has 0 spiro atoms. The third-order valence-corrected chi connectivity index (χ3v) is 5.63. The summed E-state index contributed by atoms with van der Waals surface area (Å²) in [6, 6.07) is 13.1. The number of ether oxygens (including phenoxy) is 1. The lowest BCUT2D eigenvalue weighted by Crippen LogP contribution is -2.25. The number of rotatable bonds is 9. The molecule has 0 fully saturated rings. The van der Waals surface area contributed by atoms with Gasteiger partial charge in [-0.15, -0.1) is 11.8 Å². The molecule has 0 saturated heterocycles. The van der Waals surface area contributed by atoms with Crippen LogP contribution in [0.5, 0.6) is 0 Å². The van der Waals surface area contributed by atoms with Crippen LogP contribution in [0.2, 0.25) is 0 Å². The first-order valence-corrected chi connectivity index (χ1v) is 9.79. The first-order chi connectivity index (χ1) is 12.7. The molecule has 0 aliphatic carbocycles. The fraction of sp³-hybridized carbons (Fsp3) is 0.333. The molecule has 3 rings (SSSR count). The van der Waals surface area contributed by atoms with Gasteiger partial charge in [0, 0.05) is 47.9 Å². The minimum atomic E-state index is -0.189. The number of aromatic amines is 1. The summed E-state index contributed by atoms with van der Waals surface area (Å²) < 4.78 is 18.2. The maximum atomic E-state index is 13.1. The number of aromatic nitrogens is 1. The molecule has 1 N–H and O–H groups in total. The Morgan fingerprint density at radius 2 is 1.92 bits per heavy atom. The maximum Gasteiger partial charge on any atom is 0.123 e. The lowest BCUT2D eigenvalue weighted by Gasteiger charge is -2.15. The molecular weight excluding hydrogens is 347 g/mol. The fourth-order valence-electron chi connectivity index (χ4n) is 2.95. The third-order valence-electron chi connectivity index (χ3n) is 4.50. The van der Waals surface area contributed by atoms with Crippen LogP contribution in [-0.2, 0) is 16.9 Å². The summed E-state index contributed by atoms with van der Waals surface area (Å²) in [5.74, 6) is 0.643. The number of benzene rings is 2. The Balaban J connectivity index is 1.71. The zero-order chi connectivity index (χ0) is 18.4. The Morgan fingerprint density at radius 3 is 2.69 bits per heavy atom. The zero-order valence-corrected chi connectivity index (χ0v) is 16.1. The minimum absolute atomic E-state index is 0.189. The summed E-state index contributed by atoms with van der Waals surface area (Å²) in [6.45, 7) is 2.68. The van der Waals surface area contributed by atoms with E-state index in [0.29, 0.717) is 0 Å². The van der Waals surface area contributed by atoms with Crippen LogP contribution >= 0.6 is 11.8 Å². The van der Waals surface area contributed by atoms with E-state index in [4.69, 9.17) is 4.74 Å². The average molecular weight is 373 g/mol. The number of likely N-dealkylation sites (N-methyl/N-ethyl adjacent to an activating group) is 1. The van der Waals surface area contributed by atoms with Gasteiger partial charge in [0.2, 0.25) is 0 Å². The highest BCUT2D eigenvalue weighted by atomic mass is 32.2. The summed E-state index contributed by atoms with van der Waals surface area (Å²) >= 11 is 1.80. The quantitative estimate of drug-likeness (QED) is 0.551. The molecule has 0 aliphatic heterocycles. The van der Waals surface area contributed by atoms with E-state index in [2.05, 4.69) is 41.3 Å². The van der Waals surface area contributed by atoms with Crippen LogP contribution in [0.4, 0.5) is 4.39 Å². The lowest BCUT2D eigenvalue weighted by atomic mass is 10.1. The number of hydrogen-bond donors (Lipinski definition) is 1. The van der Waals surface area contributed by atoms with Gasteiger partial charge in [-0.25, -0.2) is 4.39 Å². The van der Waals surface area contributed by atoms with E-state index in [9.17, 15) is 4.39 Å². The van der Waals surface area contributed by atoms with E-state index in [1.165, 1.54) is 33.5 Å². The Morgan fingerprint density at radius 1 is 1.12 bits per heavy atom. The van der Waals surface area contributed by atoms with Crippen LogP contribution in [0.15, 0.2) is 53.6 Å². The average Bonchev–Trinajstić information content (AvgIpc) is 3.08. The molecule has 0 radical (unpaired) electrons. The lowest BCUT2D eigenvalue weighted by molar-refractivity contribution is 0.162. The first-order valence-electron chi connectivity index (χ1n) is 8.81. The molecule has 26 heavy (non-hydrogen) atoms. The van der Waals surface area contributed by atoms with E-state index in [0.717, 1.165) is 37.4 Å². The minimum Gasteiger partial charge on any atom is -0.383 e. The molecule has 0 amide bonds. The van der Waals surface area contributed by atoms with E-state index < -0.39 is 0 Å². The number of hydrogen-bond acceptors (Lipinski definition) is 3. The van der Waals surface area contributed by atoms with E-state index in [1.54, 1.807) is 18.9 Å². The largest absolute Gasteiger partial charge is 0.383 e. The monoisotopic (exact) mass is 372 g/mol. The van der Waals surface area contributed by atoms with Crippen LogP contribution in [-0.4, -0.2) is 43.7 Å². The molecule has 0 atom stereocenters. The third kappa shape index (κ3) is 4.87. The van der Waals surface area contributed by atoms with Crippen molar-refractivity contribution >= 4 is 22.7 Å². The summed E-state index contributed by atoms with van der Waals surface area (Å²) in [5.41, 5.74) is 3.64. The number of thioether (sulfide) groups is 1. The van der Waals surface area contributed by atoms with Gasteiger partial charge >= 0.3 is 0 Å². The summed E-state index contributed by atoms with van der Waals surface area (Å²) in [7, 11) is 3.86. The highest BCUT2D eigenvalue weighted by molar-refractivity contribution is 7.98. The van der Waals surface area contributed by atoms with Gasteiger partial charge in [0.15, 0.2) is 0 Å². The number of H-pyrrole nitrogens is 1. The molecule has 3 aromatic rings. The molecule has 0 saturated carbocycles. The van der Waals surface area contributed by atoms with Gasteiger partial charge in [0.1, 0.15) is 5.82 Å². The van der Waals surface area contributed by atoms with Crippen molar-refractivity contribution in [2.45, 2.75) is 17.1 Å². The molecule has 0 unspecified atom stereocenters. The Bertz CT molecular complexity index is 832. The number of nitrogens with zero attached hydrogens (tertiary/aromatic N) is 1. The summed E-state index contributed by atoms with van der Waals surface area (Å²) in [4.78, 5) is 6.95. The molecule has 138 valence electrons. The van der Waals surface area contributed by atoms with Crippen LogP contribution < -0.4 is 0 Å². The first kappa shape index (κ1) is 19.0. The molecule has 3 nitrogen and oxygen atoms in total. The van der Waals surface area contributed by atoms with Gasteiger partial charge < -0.3 is 14.6 Å². The topological polar surface area (TPSA) is 28.3 Å². The zero-order valence-electron chi connectivity index (χ0n) is 15.3. The highest BCUT2D eigenvalue weighted by Gasteiger charge is 2.10. The van der Waals surface area contributed by atoms with Crippen LogP contribution in [0, 0.1) is 5.82 Å². The van der Waals surface area contributed by atoms with Gasteiger partial charge in [-0.3, -0.25) is 0 Å². The molecule has 0 aliphatic rings. The molecule has 1 aromatic heterocycles. The molecule has 5 heteroatoms. The predicted octanol–water partition coefficient (Wildman–Crippen LogP) is 4.72. The number of fused-ring (bicyclic) bond motifs is 1. The van der Waals surface area contributed by atoms with Crippen molar-refractivity contribution in [3.8, 4) is 0 Å². The van der Waals surface area contributed by atoms with E-state index >= 15 is 0 Å². The van der Waals surface area contributed by atoms with Crippen LogP contribution in [0.25, 0.3) is 10.9 Å². The van der Waals surface area contributed by atoms with Gasteiger partial charge in [-0.1, -0.05) is 18.2 Å². The van der Waals surface area contributed by atoms with Crippen molar-refractivity contribution in [3.63, 3.8) is 0 Å². The second-order valence-corrected chi connectivity index (χ2v) is 7.47. The van der Waals surface area contributed by atoms with Gasteiger partial charge in [0.05, 0.1) is 6.61 Å². The Kier molecular flexibility index (Phi) is 6.72. The fourth-order valence-corrected chi connectivity index (χ4v) is 4.02. The predicted molar refractivity (Wildman–Crippen MR) is 107 cm³/mol. The smallest absolute Gasteiger partial charge is 0.123 e. The highest BCUT2D eigenvalue weighted by Crippen LogP contribution is 2.32. The standard InChI is InChI=1S/C21H25FN2OS/c1-24(12-13-25-2)11-10-17-14-23-19-4-3-5-20(21(17)19)26-15-16-6-8-18(22)9-7-16/h3-9,14,23H,10-13,15H2,1-2H3. The van der Waals surface area contributed by atoms with Gasteiger partial charge in [-0.2, -0.15) is 0 Å².